The van der Waals surface area contributed by atoms with Gasteiger partial charge in [0.2, 0.25) is 5.91 Å². The molecule has 4 nitrogen and oxygen atoms in total. The van der Waals surface area contributed by atoms with E-state index < -0.39 is 11.9 Å². The fourth-order valence-corrected chi connectivity index (χ4v) is 3.25. The molecule has 0 unspecified atom stereocenters. The third-order valence-electron chi connectivity index (χ3n) is 5.04. The van der Waals surface area contributed by atoms with Gasteiger partial charge in [0.1, 0.15) is 11.4 Å². The summed E-state index contributed by atoms with van der Waals surface area (Å²) in [5.41, 5.74) is 1.24. The number of carbonyl (C=O) groups excluding carboxylic acids is 1. The van der Waals surface area contributed by atoms with Crippen LogP contribution in [-0.4, -0.2) is 24.0 Å². The zero-order chi connectivity index (χ0) is 25.0. The molecule has 0 aliphatic carbocycles. The van der Waals surface area contributed by atoms with Crippen LogP contribution in [0.4, 0.5) is 13.2 Å². The molecule has 0 saturated heterocycles. The number of pyridine rings is 1. The molecule has 7 heteroatoms. The Hall–Kier alpha value is -3.09. The van der Waals surface area contributed by atoms with Crippen molar-refractivity contribution < 1.29 is 22.7 Å². The van der Waals surface area contributed by atoms with Crippen molar-refractivity contribution in [2.75, 3.05) is 13.2 Å². The first-order valence-corrected chi connectivity index (χ1v) is 11.5. The van der Waals surface area contributed by atoms with Crippen LogP contribution in [0.15, 0.2) is 66.3 Å². The van der Waals surface area contributed by atoms with Gasteiger partial charge in [-0.05, 0) is 62.9 Å². The van der Waals surface area contributed by atoms with Crippen LogP contribution < -0.4 is 10.1 Å². The van der Waals surface area contributed by atoms with Gasteiger partial charge < -0.3 is 10.1 Å². The Balaban J connectivity index is 1.58. The summed E-state index contributed by atoms with van der Waals surface area (Å²) in [6.45, 7) is 8.58. The molecule has 0 saturated carbocycles. The van der Waals surface area contributed by atoms with E-state index in [0.29, 0.717) is 29.8 Å². The van der Waals surface area contributed by atoms with E-state index in [1.54, 1.807) is 24.3 Å². The normalized spacial score (nSPS) is 12.3. The predicted octanol–water partition coefficient (Wildman–Crippen LogP) is 7.17. The molecule has 184 valence electrons. The highest BCUT2D eigenvalue weighted by molar-refractivity contribution is 5.88. The van der Waals surface area contributed by atoms with Crippen LogP contribution in [-0.2, 0) is 11.0 Å². The van der Waals surface area contributed by atoms with Gasteiger partial charge >= 0.3 is 6.18 Å². The highest BCUT2D eigenvalue weighted by Crippen LogP contribution is 2.30. The average molecular weight is 475 g/mol. The molecule has 0 spiro atoms. The number of benzene rings is 1. The smallest absolute Gasteiger partial charge is 0.433 e. The number of allylic oxidation sites excluding steroid dienone is 3. The number of amides is 1. The van der Waals surface area contributed by atoms with Gasteiger partial charge in [0, 0.05) is 18.0 Å². The summed E-state index contributed by atoms with van der Waals surface area (Å²) in [6.07, 6.45) is 7.46. The van der Waals surface area contributed by atoms with Crippen LogP contribution in [0, 0.1) is 0 Å². The van der Waals surface area contributed by atoms with Crippen LogP contribution in [0.25, 0.3) is 10.9 Å². The second-order valence-corrected chi connectivity index (χ2v) is 8.42. The van der Waals surface area contributed by atoms with Gasteiger partial charge in [-0.3, -0.25) is 4.79 Å². The van der Waals surface area contributed by atoms with Crippen molar-refractivity contribution >= 4 is 16.8 Å². The Morgan fingerprint density at radius 1 is 1.09 bits per heavy atom. The number of nitrogens with zero attached hydrogens (tertiary/aromatic N) is 1. The second-order valence-electron chi connectivity index (χ2n) is 8.42. The molecule has 2 aromatic rings. The van der Waals surface area contributed by atoms with E-state index >= 15 is 0 Å². The molecule has 1 amide bonds. The van der Waals surface area contributed by atoms with E-state index in [-0.39, 0.29) is 5.91 Å². The topological polar surface area (TPSA) is 51.2 Å². The summed E-state index contributed by atoms with van der Waals surface area (Å²) in [4.78, 5) is 15.4. The van der Waals surface area contributed by atoms with Gasteiger partial charge in [0.15, 0.2) is 0 Å². The lowest BCUT2D eigenvalue weighted by molar-refractivity contribution is -0.141. The molecule has 0 bridgehead atoms. The van der Waals surface area contributed by atoms with Gasteiger partial charge in [-0.15, -0.1) is 0 Å². The number of unbranched alkanes of at least 4 members (excludes halogenated alkanes) is 5. The SMILES string of the molecule is C=C(C)CNC(=O)C=C(C)C=CCCCCCCCOc1ccc2nc(C(F)(F)F)ccc2c1. The number of hydrogen-bond acceptors (Lipinski definition) is 3. The van der Waals surface area contributed by atoms with Gasteiger partial charge in [-0.25, -0.2) is 4.98 Å². The molecule has 1 heterocycles. The first-order chi connectivity index (χ1) is 16.1. The Bertz CT molecular complexity index is 1030. The van der Waals surface area contributed by atoms with Crippen LogP contribution in [0.5, 0.6) is 5.75 Å². The van der Waals surface area contributed by atoms with Crippen LogP contribution in [0.1, 0.15) is 58.1 Å². The summed E-state index contributed by atoms with van der Waals surface area (Å²) in [6, 6.07) is 7.33. The molecule has 0 atom stereocenters. The number of hydrogen-bond donors (Lipinski definition) is 1. The van der Waals surface area contributed by atoms with E-state index in [9.17, 15) is 18.0 Å². The van der Waals surface area contributed by atoms with E-state index in [4.69, 9.17) is 4.74 Å². The maximum absolute atomic E-state index is 12.8. The van der Waals surface area contributed by atoms with E-state index in [0.717, 1.165) is 55.7 Å². The van der Waals surface area contributed by atoms with Crippen LogP contribution in [0.2, 0.25) is 0 Å². The lowest BCUT2D eigenvalue weighted by atomic mass is 10.1. The maximum Gasteiger partial charge on any atom is 0.433 e. The molecule has 2 rings (SSSR count). The first-order valence-electron chi connectivity index (χ1n) is 11.5. The number of fused-ring (bicyclic) bond motifs is 1. The Labute approximate surface area is 199 Å². The van der Waals surface area contributed by atoms with Gasteiger partial charge in [0.05, 0.1) is 12.1 Å². The molecule has 1 aromatic carbocycles. The highest BCUT2D eigenvalue weighted by atomic mass is 19.4. The van der Waals surface area contributed by atoms with Crippen molar-refractivity contribution in [3.05, 3.63) is 72.0 Å². The molecule has 0 fully saturated rings. The molecular formula is C27H33F3N2O2. The summed E-state index contributed by atoms with van der Waals surface area (Å²) in [5, 5.41) is 3.40. The molecule has 1 aromatic heterocycles. The molecule has 0 aliphatic rings. The van der Waals surface area contributed by atoms with E-state index in [1.165, 1.54) is 6.07 Å². The third-order valence-corrected chi connectivity index (χ3v) is 5.04. The fourth-order valence-electron chi connectivity index (χ4n) is 3.25. The Kier molecular flexibility index (Phi) is 10.8. The summed E-state index contributed by atoms with van der Waals surface area (Å²) < 4.78 is 44.0. The Morgan fingerprint density at radius 2 is 1.82 bits per heavy atom. The van der Waals surface area contributed by atoms with Crippen molar-refractivity contribution in [2.45, 2.75) is 58.5 Å². The molecule has 1 N–H and O–H groups in total. The minimum Gasteiger partial charge on any atom is -0.494 e. The van der Waals surface area contributed by atoms with Crippen LogP contribution >= 0.6 is 0 Å². The molecule has 34 heavy (non-hydrogen) atoms. The zero-order valence-corrected chi connectivity index (χ0v) is 19.9. The molecule has 0 radical (unpaired) electrons. The Morgan fingerprint density at radius 3 is 2.56 bits per heavy atom. The van der Waals surface area contributed by atoms with Crippen molar-refractivity contribution in [1.29, 1.82) is 0 Å². The zero-order valence-electron chi connectivity index (χ0n) is 19.9. The largest absolute Gasteiger partial charge is 0.494 e. The summed E-state index contributed by atoms with van der Waals surface area (Å²) in [5.74, 6) is 0.527. The highest BCUT2D eigenvalue weighted by Gasteiger charge is 2.32. The monoisotopic (exact) mass is 474 g/mol. The van der Waals surface area contributed by atoms with Crippen molar-refractivity contribution in [3.63, 3.8) is 0 Å². The average Bonchev–Trinajstić information content (AvgIpc) is 2.77. The summed E-state index contributed by atoms with van der Waals surface area (Å²) >= 11 is 0. The quantitative estimate of drug-likeness (QED) is 0.145. The first kappa shape index (κ1) is 27.2. The maximum atomic E-state index is 12.8. The van der Waals surface area contributed by atoms with E-state index in [1.807, 2.05) is 19.9 Å². The number of nitrogens with one attached hydrogen (secondary N) is 1. The second kappa shape index (κ2) is 13.6. The number of carbonyl (C=O) groups is 1. The number of halogens is 3. The minimum absolute atomic E-state index is 0.108. The predicted molar refractivity (Wildman–Crippen MR) is 131 cm³/mol. The lowest BCUT2D eigenvalue weighted by Crippen LogP contribution is -2.22. The van der Waals surface area contributed by atoms with E-state index in [2.05, 4.69) is 23.0 Å². The third kappa shape index (κ3) is 10.2. The van der Waals surface area contributed by atoms with Crippen molar-refractivity contribution in [2.24, 2.45) is 0 Å². The lowest BCUT2D eigenvalue weighted by Gasteiger charge is -2.09. The fraction of sp³-hybridized carbons (Fsp3) is 0.407. The molecular weight excluding hydrogens is 441 g/mol. The number of alkyl halides is 3. The number of aromatic nitrogens is 1. The summed E-state index contributed by atoms with van der Waals surface area (Å²) in [7, 11) is 0. The van der Waals surface area contributed by atoms with Gasteiger partial charge in [-0.2, -0.15) is 13.2 Å². The number of ether oxygens (including phenoxy) is 1. The number of rotatable bonds is 13. The minimum atomic E-state index is -4.45. The molecule has 0 aliphatic heterocycles. The van der Waals surface area contributed by atoms with Gasteiger partial charge in [-0.1, -0.05) is 49.6 Å². The van der Waals surface area contributed by atoms with Gasteiger partial charge in [0.25, 0.3) is 0 Å². The standard InChI is InChI=1S/C27H33F3N2O2/c1-20(2)19-31-26(33)17-21(3)11-9-7-5-4-6-8-10-16-34-23-13-14-24-22(18-23)12-15-25(32-24)27(28,29)30/h9,11-15,17-18H,1,4-8,10,16,19H2,2-3H3,(H,31,33). The van der Waals surface area contributed by atoms with Crippen LogP contribution in [0.3, 0.4) is 0 Å². The van der Waals surface area contributed by atoms with Crippen molar-refractivity contribution in [1.82, 2.24) is 10.3 Å². The van der Waals surface area contributed by atoms with Crippen molar-refractivity contribution in [3.8, 4) is 5.75 Å².